The van der Waals surface area contributed by atoms with E-state index in [0.717, 1.165) is 31.2 Å². The van der Waals surface area contributed by atoms with Crippen LogP contribution in [0.5, 0.6) is 0 Å². The first-order chi connectivity index (χ1) is 21.5. The summed E-state index contributed by atoms with van der Waals surface area (Å²) in [6.45, 7) is -0.405. The van der Waals surface area contributed by atoms with E-state index >= 15 is 0 Å². The molecule has 6 rings (SSSR count). The highest BCUT2D eigenvalue weighted by Crippen LogP contribution is 2.36. The van der Waals surface area contributed by atoms with Crippen LogP contribution in [0.25, 0.3) is 0 Å². The van der Waals surface area contributed by atoms with Crippen LogP contribution in [0.1, 0.15) is 66.1 Å². The molecule has 0 radical (unpaired) electrons. The molecular weight excluding hydrogens is 621 g/mol. The first kappa shape index (κ1) is 30.9. The standard InChI is InChI=1S/C30H28F5N5O4S/c31-23-24(32)26(34)28(27(35)25(23)33)45(43,44)40-11-10-22(40)30(42)39(19-8-9-20-21(12-19)37-15-38-29(20)41)14-18-7-6-17(13-36-18)16-4-2-1-3-5-16/h6-9,12-13,16,22,37H,1-5,10-11,14-15H2,(H,38,41)/t22-/m1/s1. The van der Waals surface area contributed by atoms with E-state index in [0.29, 0.717) is 27.2 Å². The molecule has 2 aliphatic heterocycles. The van der Waals surface area contributed by atoms with Crippen LogP contribution in [0.4, 0.5) is 33.3 Å². The Bertz CT molecular complexity index is 1760. The van der Waals surface area contributed by atoms with Crippen LogP contribution in [-0.4, -0.2) is 48.8 Å². The average molecular weight is 650 g/mol. The molecule has 1 aliphatic carbocycles. The summed E-state index contributed by atoms with van der Waals surface area (Å²) < 4.78 is 97.5. The molecule has 0 spiro atoms. The second kappa shape index (κ2) is 12.0. The highest BCUT2D eigenvalue weighted by atomic mass is 32.2. The lowest BCUT2D eigenvalue weighted by molar-refractivity contribution is -0.125. The Morgan fingerprint density at radius 2 is 1.60 bits per heavy atom. The highest BCUT2D eigenvalue weighted by molar-refractivity contribution is 7.89. The summed E-state index contributed by atoms with van der Waals surface area (Å²) in [6.07, 6.45) is 7.22. The molecule has 3 heterocycles. The lowest BCUT2D eigenvalue weighted by atomic mass is 9.85. The molecule has 2 aromatic carbocycles. The average Bonchev–Trinajstić information content (AvgIpc) is 3.01. The number of anilines is 2. The van der Waals surface area contributed by atoms with Gasteiger partial charge in [0.05, 0.1) is 30.2 Å². The van der Waals surface area contributed by atoms with Crippen molar-refractivity contribution in [3.63, 3.8) is 0 Å². The van der Waals surface area contributed by atoms with E-state index in [1.807, 2.05) is 6.07 Å². The van der Waals surface area contributed by atoms with Crippen LogP contribution in [0, 0.1) is 29.1 Å². The van der Waals surface area contributed by atoms with Crippen LogP contribution in [-0.2, 0) is 21.4 Å². The summed E-state index contributed by atoms with van der Waals surface area (Å²) in [5.41, 5.74) is 2.51. The normalized spacial score (nSPS) is 18.9. The summed E-state index contributed by atoms with van der Waals surface area (Å²) in [4.78, 5) is 30.0. The molecule has 2 N–H and O–H groups in total. The van der Waals surface area contributed by atoms with Gasteiger partial charge in [-0.25, -0.2) is 30.4 Å². The number of amides is 2. The van der Waals surface area contributed by atoms with Gasteiger partial charge < -0.3 is 15.5 Å². The lowest BCUT2D eigenvalue weighted by Gasteiger charge is -2.41. The molecule has 1 saturated carbocycles. The number of hydrogen-bond acceptors (Lipinski definition) is 6. The number of carbonyl (C=O) groups excluding carboxylic acids is 2. The number of hydrogen-bond donors (Lipinski definition) is 2. The lowest BCUT2D eigenvalue weighted by Crippen LogP contribution is -2.59. The van der Waals surface area contributed by atoms with Gasteiger partial charge in [0.2, 0.25) is 21.7 Å². The molecule has 45 heavy (non-hydrogen) atoms. The van der Waals surface area contributed by atoms with Crippen molar-refractivity contribution in [3.8, 4) is 0 Å². The van der Waals surface area contributed by atoms with Gasteiger partial charge in [-0.05, 0) is 55.0 Å². The predicted octanol–water partition coefficient (Wildman–Crippen LogP) is 4.93. The number of carbonyl (C=O) groups is 2. The molecule has 9 nitrogen and oxygen atoms in total. The molecule has 15 heteroatoms. The third-order valence-electron chi connectivity index (χ3n) is 8.59. The fourth-order valence-corrected chi connectivity index (χ4v) is 7.77. The van der Waals surface area contributed by atoms with Crippen molar-refractivity contribution in [2.75, 3.05) is 23.4 Å². The fourth-order valence-electron chi connectivity index (χ4n) is 6.03. The monoisotopic (exact) mass is 649 g/mol. The van der Waals surface area contributed by atoms with Gasteiger partial charge in [-0.2, -0.15) is 4.31 Å². The quantitative estimate of drug-likeness (QED) is 0.213. The van der Waals surface area contributed by atoms with Crippen molar-refractivity contribution >= 4 is 33.2 Å². The topological polar surface area (TPSA) is 112 Å². The van der Waals surface area contributed by atoms with E-state index in [2.05, 4.69) is 15.6 Å². The second-order valence-electron chi connectivity index (χ2n) is 11.3. The number of fused-ring (bicyclic) bond motifs is 1. The van der Waals surface area contributed by atoms with E-state index in [4.69, 9.17) is 0 Å². The number of pyridine rings is 1. The Balaban J connectivity index is 1.34. The maximum atomic E-state index is 14.5. The van der Waals surface area contributed by atoms with Crippen molar-refractivity contribution in [2.24, 2.45) is 0 Å². The smallest absolute Gasteiger partial charge is 0.254 e. The second-order valence-corrected chi connectivity index (χ2v) is 13.1. The van der Waals surface area contributed by atoms with Crippen molar-refractivity contribution < 1.29 is 40.0 Å². The van der Waals surface area contributed by atoms with Gasteiger partial charge in [-0.1, -0.05) is 25.3 Å². The van der Waals surface area contributed by atoms with Gasteiger partial charge in [-0.3, -0.25) is 14.6 Å². The SMILES string of the molecule is O=C1NCNc2cc(N(Cc3ccc(C4CCCCC4)cn3)C(=O)[C@H]3CCN3S(=O)(=O)c3c(F)c(F)c(F)c(F)c3F)ccc21. The highest BCUT2D eigenvalue weighted by Gasteiger charge is 2.48. The van der Waals surface area contributed by atoms with E-state index in [9.17, 15) is 40.0 Å². The first-order valence-corrected chi connectivity index (χ1v) is 15.9. The molecule has 1 atom stereocenters. The Labute approximate surface area is 255 Å². The van der Waals surface area contributed by atoms with Crippen molar-refractivity contribution in [2.45, 2.75) is 61.9 Å². The number of halogens is 5. The van der Waals surface area contributed by atoms with Crippen molar-refractivity contribution in [1.82, 2.24) is 14.6 Å². The molecule has 0 unspecified atom stereocenters. The third-order valence-corrected chi connectivity index (χ3v) is 10.5. The molecule has 3 aromatic rings. The van der Waals surface area contributed by atoms with Gasteiger partial charge >= 0.3 is 0 Å². The molecule has 3 aliphatic rings. The molecule has 1 saturated heterocycles. The first-order valence-electron chi connectivity index (χ1n) is 14.4. The number of nitrogens with one attached hydrogen (secondary N) is 2. The van der Waals surface area contributed by atoms with Gasteiger partial charge in [0.1, 0.15) is 6.04 Å². The predicted molar refractivity (Wildman–Crippen MR) is 152 cm³/mol. The van der Waals surface area contributed by atoms with Gasteiger partial charge in [-0.15, -0.1) is 0 Å². The van der Waals surface area contributed by atoms with Gasteiger partial charge in [0.15, 0.2) is 28.2 Å². The van der Waals surface area contributed by atoms with Crippen molar-refractivity contribution in [3.05, 3.63) is 82.4 Å². The minimum atomic E-state index is -5.34. The van der Waals surface area contributed by atoms with Crippen LogP contribution >= 0.6 is 0 Å². The minimum Gasteiger partial charge on any atom is -0.367 e. The largest absolute Gasteiger partial charge is 0.367 e. The molecule has 2 amide bonds. The van der Waals surface area contributed by atoms with Crippen LogP contribution in [0.15, 0.2) is 41.4 Å². The van der Waals surface area contributed by atoms with Crippen LogP contribution in [0.2, 0.25) is 0 Å². The van der Waals surface area contributed by atoms with E-state index in [1.165, 1.54) is 29.5 Å². The van der Waals surface area contributed by atoms with E-state index in [-0.39, 0.29) is 31.2 Å². The Hall–Kier alpha value is -4.11. The summed E-state index contributed by atoms with van der Waals surface area (Å²) in [6, 6.07) is 6.68. The van der Waals surface area contributed by atoms with E-state index in [1.54, 1.807) is 12.3 Å². The summed E-state index contributed by atoms with van der Waals surface area (Å²) in [7, 11) is -5.34. The zero-order chi connectivity index (χ0) is 32.0. The molecule has 0 bridgehead atoms. The maximum absolute atomic E-state index is 14.5. The fraction of sp³-hybridized carbons (Fsp3) is 0.367. The zero-order valence-electron chi connectivity index (χ0n) is 23.8. The molecule has 1 aromatic heterocycles. The number of aromatic nitrogens is 1. The van der Waals surface area contributed by atoms with Crippen molar-refractivity contribution in [1.29, 1.82) is 0 Å². The molecule has 238 valence electrons. The zero-order valence-corrected chi connectivity index (χ0v) is 24.6. The molecular formula is C30H28F5N5O4S. The van der Waals surface area contributed by atoms with Gasteiger partial charge in [0.25, 0.3) is 5.91 Å². The number of nitrogens with zero attached hydrogens (tertiary/aromatic N) is 3. The molecule has 2 fully saturated rings. The van der Waals surface area contributed by atoms with Gasteiger partial charge in [0, 0.05) is 18.4 Å². The summed E-state index contributed by atoms with van der Waals surface area (Å²) >= 11 is 0. The minimum absolute atomic E-state index is 0.0798. The van der Waals surface area contributed by atoms with E-state index < -0.39 is 62.5 Å². The Morgan fingerprint density at radius 3 is 2.22 bits per heavy atom. The Kier molecular flexibility index (Phi) is 8.24. The number of benzene rings is 2. The maximum Gasteiger partial charge on any atom is 0.254 e. The van der Waals surface area contributed by atoms with Crippen LogP contribution < -0.4 is 15.5 Å². The number of sulfonamides is 1. The summed E-state index contributed by atoms with van der Waals surface area (Å²) in [5, 5.41) is 5.62. The van der Waals surface area contributed by atoms with Crippen LogP contribution in [0.3, 0.4) is 0 Å². The number of rotatable bonds is 7. The third kappa shape index (κ3) is 5.52. The Morgan fingerprint density at radius 1 is 0.911 bits per heavy atom. The summed E-state index contributed by atoms with van der Waals surface area (Å²) in [5.74, 6) is -13.1.